The Bertz CT molecular complexity index is 1350. The molecule has 1 fully saturated rings. The number of aliphatic hydroxyl groups is 1. The van der Waals surface area contributed by atoms with Gasteiger partial charge in [0.15, 0.2) is 11.5 Å². The molecule has 37 heavy (non-hydrogen) atoms. The Kier molecular flexibility index (Phi) is 7.52. The van der Waals surface area contributed by atoms with Gasteiger partial charge in [0.05, 0.1) is 37.7 Å². The van der Waals surface area contributed by atoms with Gasteiger partial charge >= 0.3 is 5.97 Å². The van der Waals surface area contributed by atoms with E-state index in [1.54, 1.807) is 67.7 Å². The van der Waals surface area contributed by atoms with E-state index in [1.807, 2.05) is 0 Å². The van der Waals surface area contributed by atoms with Crippen molar-refractivity contribution in [1.82, 2.24) is 9.88 Å². The van der Waals surface area contributed by atoms with Gasteiger partial charge in [0.25, 0.3) is 11.7 Å². The maximum Gasteiger partial charge on any atom is 0.338 e. The van der Waals surface area contributed by atoms with Crippen LogP contribution in [0.1, 0.15) is 40.1 Å². The fraction of sp³-hybridized carbons (Fsp3) is 0.214. The quantitative estimate of drug-likeness (QED) is 0.213. The summed E-state index contributed by atoms with van der Waals surface area (Å²) in [4.78, 5) is 44.2. The minimum Gasteiger partial charge on any atom is -0.507 e. The van der Waals surface area contributed by atoms with Gasteiger partial charge in [-0.3, -0.25) is 14.6 Å². The molecule has 1 atom stereocenters. The normalized spacial score (nSPS) is 16.5. The molecule has 0 spiro atoms. The van der Waals surface area contributed by atoms with Crippen molar-refractivity contribution in [3.05, 3.63) is 94.8 Å². The summed E-state index contributed by atoms with van der Waals surface area (Å²) in [7, 11) is 2.95. The van der Waals surface area contributed by atoms with E-state index in [2.05, 4.69) is 4.98 Å². The minimum atomic E-state index is -0.931. The molecule has 1 saturated heterocycles. The van der Waals surface area contributed by atoms with Crippen molar-refractivity contribution in [1.29, 1.82) is 0 Å². The highest BCUT2D eigenvalue weighted by Crippen LogP contribution is 2.40. The highest BCUT2D eigenvalue weighted by atomic mass is 16.5. The van der Waals surface area contributed by atoms with Crippen molar-refractivity contribution in [3.8, 4) is 11.5 Å². The second-order valence-electron chi connectivity index (χ2n) is 8.17. The minimum absolute atomic E-state index is 0.0532. The zero-order chi connectivity index (χ0) is 26.5. The summed E-state index contributed by atoms with van der Waals surface area (Å²) in [6.07, 6.45) is 1.56. The van der Waals surface area contributed by atoms with E-state index >= 15 is 0 Å². The molecule has 1 aliphatic rings. The van der Waals surface area contributed by atoms with E-state index in [9.17, 15) is 19.5 Å². The molecular formula is C28H26N2O7. The monoisotopic (exact) mass is 502 g/mol. The van der Waals surface area contributed by atoms with Gasteiger partial charge in [-0.1, -0.05) is 18.2 Å². The zero-order valence-corrected chi connectivity index (χ0v) is 20.6. The van der Waals surface area contributed by atoms with Gasteiger partial charge < -0.3 is 24.2 Å². The number of methoxy groups -OCH3 is 2. The summed E-state index contributed by atoms with van der Waals surface area (Å²) in [5.74, 6) is -1.59. The number of ether oxygens (including phenoxy) is 3. The van der Waals surface area contributed by atoms with Gasteiger partial charge in [0.2, 0.25) is 0 Å². The number of Topliss-reactive ketones (excluding diaryl/α,β-unsaturated/α-hetero) is 1. The topological polar surface area (TPSA) is 115 Å². The number of pyridine rings is 1. The molecule has 0 aliphatic carbocycles. The van der Waals surface area contributed by atoms with Crippen LogP contribution in [0.2, 0.25) is 0 Å². The Morgan fingerprint density at radius 1 is 0.973 bits per heavy atom. The van der Waals surface area contributed by atoms with Crippen molar-refractivity contribution < 1.29 is 33.7 Å². The van der Waals surface area contributed by atoms with E-state index in [1.165, 1.54) is 25.2 Å². The summed E-state index contributed by atoms with van der Waals surface area (Å²) in [5, 5.41) is 11.3. The van der Waals surface area contributed by atoms with E-state index < -0.39 is 23.7 Å². The number of aliphatic hydroxyl groups excluding tert-OH is 1. The molecule has 9 heteroatoms. The van der Waals surface area contributed by atoms with Crippen LogP contribution in [0.25, 0.3) is 5.76 Å². The Morgan fingerprint density at radius 3 is 2.30 bits per heavy atom. The molecule has 1 amide bonds. The number of aromatic nitrogens is 1. The molecule has 9 nitrogen and oxygen atoms in total. The van der Waals surface area contributed by atoms with Crippen LogP contribution in [0.5, 0.6) is 11.5 Å². The average molecular weight is 503 g/mol. The van der Waals surface area contributed by atoms with Crippen LogP contribution in [0, 0.1) is 0 Å². The van der Waals surface area contributed by atoms with Crippen molar-refractivity contribution >= 4 is 23.4 Å². The van der Waals surface area contributed by atoms with Crippen LogP contribution in [-0.2, 0) is 20.9 Å². The largest absolute Gasteiger partial charge is 0.507 e. The summed E-state index contributed by atoms with van der Waals surface area (Å²) in [6, 6.07) is 15.5. The van der Waals surface area contributed by atoms with Gasteiger partial charge in [0, 0.05) is 18.3 Å². The highest BCUT2D eigenvalue weighted by molar-refractivity contribution is 6.46. The summed E-state index contributed by atoms with van der Waals surface area (Å²) >= 11 is 0. The van der Waals surface area contributed by atoms with Gasteiger partial charge in [-0.05, 0) is 55.0 Å². The maximum atomic E-state index is 13.2. The lowest BCUT2D eigenvalue weighted by atomic mass is 9.98. The zero-order valence-electron chi connectivity index (χ0n) is 20.6. The molecule has 0 radical (unpaired) electrons. The van der Waals surface area contributed by atoms with E-state index in [4.69, 9.17) is 14.2 Å². The van der Waals surface area contributed by atoms with Gasteiger partial charge in [-0.25, -0.2) is 4.79 Å². The summed E-state index contributed by atoms with van der Waals surface area (Å²) in [6.45, 7) is 2.04. The fourth-order valence-corrected chi connectivity index (χ4v) is 4.18. The molecule has 0 saturated carbocycles. The van der Waals surface area contributed by atoms with Crippen molar-refractivity contribution in [3.63, 3.8) is 0 Å². The molecule has 4 rings (SSSR count). The molecule has 190 valence electrons. The number of carbonyl (C=O) groups excluding carboxylic acids is 3. The van der Waals surface area contributed by atoms with Gasteiger partial charge in [-0.15, -0.1) is 0 Å². The smallest absolute Gasteiger partial charge is 0.338 e. The molecular weight excluding hydrogens is 476 g/mol. The molecule has 2 heterocycles. The van der Waals surface area contributed by atoms with Crippen LogP contribution in [0.4, 0.5) is 0 Å². The Labute approximate surface area is 213 Å². The number of hydrogen-bond donors (Lipinski definition) is 1. The standard InChI is InChI=1S/C28H26N2O7/c1-4-37-28(34)18-10-8-17(9-11-18)16-30-24(20-7-5-6-14-29-20)23(26(32)27(30)33)25(31)19-12-13-21(35-2)22(15-19)36-3/h5-15,24,31H,4,16H2,1-3H3/b25-23-. The van der Waals surface area contributed by atoms with E-state index in [0.29, 0.717) is 28.3 Å². The van der Waals surface area contributed by atoms with Crippen molar-refractivity contribution in [2.24, 2.45) is 0 Å². The van der Waals surface area contributed by atoms with Crippen molar-refractivity contribution in [2.45, 2.75) is 19.5 Å². The number of benzene rings is 2. The Hall–Kier alpha value is -4.66. The van der Waals surface area contributed by atoms with Crippen LogP contribution >= 0.6 is 0 Å². The first kappa shape index (κ1) is 25.4. The number of esters is 1. The number of amides is 1. The van der Waals surface area contributed by atoms with Crippen molar-refractivity contribution in [2.75, 3.05) is 20.8 Å². The third kappa shape index (κ3) is 5.02. The number of rotatable bonds is 8. The number of nitrogens with zero attached hydrogens (tertiary/aromatic N) is 2. The molecule has 1 aliphatic heterocycles. The molecule has 1 unspecified atom stereocenters. The molecule has 1 N–H and O–H groups in total. The van der Waals surface area contributed by atoms with Gasteiger partial charge in [-0.2, -0.15) is 0 Å². The van der Waals surface area contributed by atoms with Crippen LogP contribution in [0.3, 0.4) is 0 Å². The SMILES string of the molecule is CCOC(=O)c1ccc(CN2C(=O)C(=O)/C(=C(\O)c3ccc(OC)c(OC)c3)C2c2ccccn2)cc1. The van der Waals surface area contributed by atoms with Crippen LogP contribution < -0.4 is 9.47 Å². The Morgan fingerprint density at radius 2 is 1.68 bits per heavy atom. The molecule has 0 bridgehead atoms. The lowest BCUT2D eigenvalue weighted by Crippen LogP contribution is -2.29. The third-order valence-electron chi connectivity index (χ3n) is 5.98. The molecule has 2 aromatic carbocycles. The van der Waals surface area contributed by atoms with Crippen LogP contribution in [0.15, 0.2) is 72.4 Å². The maximum absolute atomic E-state index is 13.2. The predicted molar refractivity (Wildman–Crippen MR) is 134 cm³/mol. The van der Waals surface area contributed by atoms with E-state index in [-0.39, 0.29) is 30.0 Å². The van der Waals surface area contributed by atoms with Gasteiger partial charge in [0.1, 0.15) is 11.8 Å². The number of hydrogen-bond acceptors (Lipinski definition) is 8. The summed E-state index contributed by atoms with van der Waals surface area (Å²) < 4.78 is 15.6. The first-order chi connectivity index (χ1) is 17.9. The second-order valence-corrected chi connectivity index (χ2v) is 8.17. The number of carbonyl (C=O) groups is 3. The highest BCUT2D eigenvalue weighted by Gasteiger charge is 2.46. The fourth-order valence-electron chi connectivity index (χ4n) is 4.18. The lowest BCUT2D eigenvalue weighted by Gasteiger charge is -2.24. The lowest BCUT2D eigenvalue weighted by molar-refractivity contribution is -0.140. The molecule has 3 aromatic rings. The first-order valence-electron chi connectivity index (χ1n) is 11.6. The van der Waals surface area contributed by atoms with E-state index in [0.717, 1.165) is 0 Å². The summed E-state index contributed by atoms with van der Waals surface area (Å²) in [5.41, 5.74) is 1.69. The molecule has 1 aromatic heterocycles. The second kappa shape index (κ2) is 10.9. The average Bonchev–Trinajstić information content (AvgIpc) is 3.18. The predicted octanol–water partition coefficient (Wildman–Crippen LogP) is 3.90. The third-order valence-corrected chi connectivity index (χ3v) is 5.98. The number of ketones is 1. The first-order valence-corrected chi connectivity index (χ1v) is 11.6. The van der Waals surface area contributed by atoms with Crippen LogP contribution in [-0.4, -0.2) is 53.5 Å². The Balaban J connectivity index is 1.76. The number of likely N-dealkylation sites (tertiary alicyclic amines) is 1.